The average Bonchev–Trinajstić information content (AvgIpc) is 3.21. The molecule has 0 bridgehead atoms. The first-order valence-corrected chi connectivity index (χ1v) is 13.0. The molecule has 35 heavy (non-hydrogen) atoms. The van der Waals surface area contributed by atoms with Gasteiger partial charge in [0.1, 0.15) is 5.82 Å². The van der Waals surface area contributed by atoms with Gasteiger partial charge in [0.25, 0.3) is 5.56 Å². The summed E-state index contributed by atoms with van der Waals surface area (Å²) in [6, 6.07) is 9.69. The van der Waals surface area contributed by atoms with Gasteiger partial charge < -0.3 is 10.6 Å². The molecule has 0 saturated carbocycles. The van der Waals surface area contributed by atoms with Crippen LogP contribution in [0.25, 0.3) is 6.08 Å². The van der Waals surface area contributed by atoms with Gasteiger partial charge in [0.05, 0.1) is 11.7 Å². The largest absolute Gasteiger partial charge is 0.367 e. The third-order valence-corrected chi connectivity index (χ3v) is 7.35. The molecule has 0 aliphatic carbocycles. The predicted molar refractivity (Wildman–Crippen MR) is 150 cm³/mol. The summed E-state index contributed by atoms with van der Waals surface area (Å²) < 4.78 is 1.65. The van der Waals surface area contributed by atoms with Gasteiger partial charge in [0, 0.05) is 49.9 Å². The maximum atomic E-state index is 12.7. The second-order valence-corrected chi connectivity index (χ2v) is 9.81. The summed E-state index contributed by atoms with van der Waals surface area (Å²) in [5, 5.41) is 0. The van der Waals surface area contributed by atoms with Gasteiger partial charge >= 0.3 is 0 Å². The molecule has 190 valence electrons. The van der Waals surface area contributed by atoms with E-state index < -0.39 is 0 Å². The van der Waals surface area contributed by atoms with Crippen molar-refractivity contribution >= 4 is 24.3 Å². The third-order valence-electron chi connectivity index (χ3n) is 7.35. The minimum atomic E-state index is -0.0389. The van der Waals surface area contributed by atoms with Crippen LogP contribution < -0.4 is 16.2 Å². The standard InChI is InChI=1S/C23H28N4O.C6H15N/c1-6-18-20(11-22(28)26(7-2)23(18)24-5)25-12-16(4)27-13-17-10-15(3)8-9-19(17)21(27)14-25;1-3-5-6(7)4-2/h6,8-11,16,21H,1,5,7,12-14H2,2-4H3;6H,3-5,7H2,1-2H3. The van der Waals surface area contributed by atoms with Gasteiger partial charge in [-0.15, -0.1) is 0 Å². The molecule has 0 spiro atoms. The predicted octanol–water partition coefficient (Wildman–Crippen LogP) is 5.44. The topological polar surface area (TPSA) is 66.9 Å². The highest BCUT2D eigenvalue weighted by Gasteiger charge is 2.39. The number of piperazine rings is 1. The lowest BCUT2D eigenvalue weighted by atomic mass is 9.99. The Kier molecular flexibility index (Phi) is 9.09. The monoisotopic (exact) mass is 477 g/mol. The molecular formula is C29H43N5O. The minimum Gasteiger partial charge on any atom is -0.367 e. The highest BCUT2D eigenvalue weighted by atomic mass is 16.1. The van der Waals surface area contributed by atoms with E-state index in [2.05, 4.69) is 74.0 Å². The summed E-state index contributed by atoms with van der Waals surface area (Å²) in [4.78, 5) is 21.8. The van der Waals surface area contributed by atoms with Crippen LogP contribution in [0.15, 0.2) is 40.6 Å². The Hall–Kier alpha value is -2.70. The number of aryl methyl sites for hydroxylation is 1. The lowest BCUT2D eigenvalue weighted by molar-refractivity contribution is 0.134. The highest BCUT2D eigenvalue weighted by molar-refractivity contribution is 5.75. The minimum absolute atomic E-state index is 0.0389. The maximum absolute atomic E-state index is 12.7. The normalized spacial score (nSPS) is 19.9. The number of nitrogens with two attached hydrogens (primary N) is 1. The zero-order chi connectivity index (χ0) is 25.7. The Balaban J connectivity index is 0.000000429. The fraction of sp³-hybridized carbons (Fsp3) is 0.517. The van der Waals surface area contributed by atoms with Gasteiger partial charge in [-0.2, -0.15) is 0 Å². The summed E-state index contributed by atoms with van der Waals surface area (Å²) >= 11 is 0. The number of hydrogen-bond acceptors (Lipinski definition) is 5. The number of nitrogens with zero attached hydrogens (tertiary/aromatic N) is 4. The number of fused-ring (bicyclic) bond motifs is 3. The van der Waals surface area contributed by atoms with E-state index >= 15 is 0 Å². The van der Waals surface area contributed by atoms with E-state index in [-0.39, 0.29) is 5.56 Å². The molecule has 6 heteroatoms. The Bertz CT molecular complexity index is 1100. The second-order valence-electron chi connectivity index (χ2n) is 9.81. The van der Waals surface area contributed by atoms with Crippen LogP contribution in [0.5, 0.6) is 0 Å². The fourth-order valence-electron chi connectivity index (χ4n) is 5.40. The van der Waals surface area contributed by atoms with E-state index in [1.54, 1.807) is 16.7 Å². The van der Waals surface area contributed by atoms with Gasteiger partial charge in [0.15, 0.2) is 0 Å². The summed E-state index contributed by atoms with van der Waals surface area (Å²) in [5.41, 5.74) is 11.5. The molecule has 1 fully saturated rings. The molecule has 6 nitrogen and oxygen atoms in total. The Morgan fingerprint density at radius 1 is 1.23 bits per heavy atom. The number of pyridine rings is 1. The van der Waals surface area contributed by atoms with Crippen LogP contribution in [0.3, 0.4) is 0 Å². The van der Waals surface area contributed by atoms with Crippen molar-refractivity contribution in [2.24, 2.45) is 10.7 Å². The number of rotatable bonds is 7. The van der Waals surface area contributed by atoms with Crippen molar-refractivity contribution < 1.29 is 0 Å². The van der Waals surface area contributed by atoms with Crippen molar-refractivity contribution in [3.8, 4) is 0 Å². The van der Waals surface area contributed by atoms with Gasteiger partial charge in [-0.05, 0) is 51.5 Å². The molecule has 2 aromatic rings. The van der Waals surface area contributed by atoms with Crippen LogP contribution >= 0.6 is 0 Å². The van der Waals surface area contributed by atoms with Gasteiger partial charge in [-0.1, -0.05) is 56.7 Å². The molecule has 1 saturated heterocycles. The molecule has 3 heterocycles. The van der Waals surface area contributed by atoms with E-state index in [1.165, 1.54) is 29.5 Å². The molecule has 0 radical (unpaired) electrons. The van der Waals surface area contributed by atoms with Gasteiger partial charge in [-0.3, -0.25) is 14.3 Å². The van der Waals surface area contributed by atoms with Gasteiger partial charge in [0.2, 0.25) is 0 Å². The average molecular weight is 478 g/mol. The van der Waals surface area contributed by atoms with Crippen LogP contribution in [0.4, 0.5) is 11.5 Å². The molecule has 4 rings (SSSR count). The quantitative estimate of drug-likeness (QED) is 0.539. The fourth-order valence-corrected chi connectivity index (χ4v) is 5.40. The van der Waals surface area contributed by atoms with Crippen LogP contribution in [-0.2, 0) is 13.1 Å². The van der Waals surface area contributed by atoms with E-state index in [0.29, 0.717) is 30.5 Å². The van der Waals surface area contributed by atoms with E-state index in [9.17, 15) is 4.79 Å². The third kappa shape index (κ3) is 5.60. The first kappa shape index (κ1) is 26.9. The molecule has 1 aromatic heterocycles. The van der Waals surface area contributed by atoms with Crippen molar-refractivity contribution in [2.45, 2.75) is 85.1 Å². The van der Waals surface area contributed by atoms with Crippen molar-refractivity contribution in [1.29, 1.82) is 0 Å². The summed E-state index contributed by atoms with van der Waals surface area (Å²) in [7, 11) is 0. The zero-order valence-corrected chi connectivity index (χ0v) is 22.3. The number of aliphatic imine (C=N–C) groups is 1. The Labute approximate surface area is 211 Å². The van der Waals surface area contributed by atoms with E-state index in [4.69, 9.17) is 5.73 Å². The molecule has 2 N–H and O–H groups in total. The first-order valence-electron chi connectivity index (χ1n) is 13.0. The summed E-state index contributed by atoms with van der Waals surface area (Å²) in [6.45, 7) is 21.6. The molecule has 3 unspecified atom stereocenters. The lowest BCUT2D eigenvalue weighted by Crippen LogP contribution is -2.51. The Morgan fingerprint density at radius 2 is 1.97 bits per heavy atom. The second kappa shape index (κ2) is 11.8. The molecular weight excluding hydrogens is 434 g/mol. The van der Waals surface area contributed by atoms with E-state index in [1.807, 2.05) is 6.92 Å². The van der Waals surface area contributed by atoms with Crippen molar-refractivity contribution in [1.82, 2.24) is 9.47 Å². The van der Waals surface area contributed by atoms with Crippen LogP contribution in [0.2, 0.25) is 0 Å². The first-order chi connectivity index (χ1) is 16.8. The van der Waals surface area contributed by atoms with E-state index in [0.717, 1.165) is 37.3 Å². The lowest BCUT2D eigenvalue weighted by Gasteiger charge is -2.44. The summed E-state index contributed by atoms with van der Waals surface area (Å²) in [6.07, 6.45) is 5.31. The van der Waals surface area contributed by atoms with Crippen molar-refractivity contribution in [3.63, 3.8) is 0 Å². The SMILES string of the molecule is C=Cc1c(N2CC(C)N3Cc4cc(C)ccc4C3C2)cc(=O)n(CC)c1N=C.CCCC(N)CC. The van der Waals surface area contributed by atoms with Crippen LogP contribution in [0, 0.1) is 6.92 Å². The molecule has 0 amide bonds. The molecule has 3 atom stereocenters. The van der Waals surface area contributed by atoms with Gasteiger partial charge in [-0.25, -0.2) is 4.99 Å². The Morgan fingerprint density at radius 3 is 2.54 bits per heavy atom. The molecule has 2 aliphatic rings. The number of anilines is 1. The molecule has 1 aromatic carbocycles. The maximum Gasteiger partial charge on any atom is 0.254 e. The number of hydrogen-bond donors (Lipinski definition) is 1. The van der Waals surface area contributed by atoms with Crippen LogP contribution in [-0.4, -0.2) is 41.4 Å². The number of benzene rings is 1. The smallest absolute Gasteiger partial charge is 0.254 e. The van der Waals surface area contributed by atoms with Crippen molar-refractivity contribution in [2.75, 3.05) is 18.0 Å². The number of aromatic nitrogens is 1. The molecule has 2 aliphatic heterocycles. The zero-order valence-electron chi connectivity index (χ0n) is 22.3. The highest BCUT2D eigenvalue weighted by Crippen LogP contribution is 2.41. The van der Waals surface area contributed by atoms with Crippen LogP contribution in [0.1, 0.15) is 75.3 Å². The van der Waals surface area contributed by atoms with Crippen molar-refractivity contribution in [3.05, 3.63) is 63.5 Å². The summed E-state index contributed by atoms with van der Waals surface area (Å²) in [5.74, 6) is 0.609.